The van der Waals surface area contributed by atoms with Crippen LogP contribution in [0.15, 0.2) is 0 Å². The van der Waals surface area contributed by atoms with E-state index in [0.29, 0.717) is 0 Å². The molecule has 0 atom stereocenters. The van der Waals surface area contributed by atoms with Gasteiger partial charge in [0.1, 0.15) is 0 Å². The van der Waals surface area contributed by atoms with Crippen LogP contribution >= 0.6 is 23.7 Å². The molecule has 0 bridgehead atoms. The third-order valence-electron chi connectivity index (χ3n) is 0.481. The van der Waals surface area contributed by atoms with Gasteiger partial charge < -0.3 is 0 Å². The molecule has 11 heavy (non-hydrogen) atoms. The molecule has 0 saturated heterocycles. The summed E-state index contributed by atoms with van der Waals surface area (Å²) in [6.45, 7) is 0. The van der Waals surface area contributed by atoms with E-state index in [1.165, 1.54) is 0 Å². The van der Waals surface area contributed by atoms with Crippen molar-refractivity contribution in [2.75, 3.05) is 5.08 Å². The van der Waals surface area contributed by atoms with Crippen molar-refractivity contribution in [1.29, 1.82) is 0 Å². The lowest BCUT2D eigenvalue weighted by Gasteiger charge is -1.96. The fraction of sp³-hybridized carbons (Fsp3) is 1.00. The van der Waals surface area contributed by atoms with Crippen LogP contribution in [0.2, 0.25) is 0 Å². The molecule has 0 aromatic rings. The second-order valence-corrected chi connectivity index (χ2v) is 5.54. The fourth-order valence-electron chi connectivity index (χ4n) is 0.213. The topological polar surface area (TPSA) is 86.7 Å². The van der Waals surface area contributed by atoms with E-state index < -0.39 is 25.3 Å². The zero-order chi connectivity index (χ0) is 9.12. The number of hydrogen-bond donors (Lipinski definition) is 0. The number of hydrogen-bond acceptors (Lipinski definition) is 6. The van der Waals surface area contributed by atoms with Gasteiger partial charge in [0, 0.05) is 0 Å². The monoisotopic (exact) mass is 244 g/mol. The van der Waals surface area contributed by atoms with Crippen LogP contribution < -0.4 is 0 Å². The first-order valence-electron chi connectivity index (χ1n) is 1.89. The summed E-state index contributed by atoms with van der Waals surface area (Å²) in [6.07, 6.45) is 0. The second-order valence-electron chi connectivity index (χ2n) is 1.36. The summed E-state index contributed by atoms with van der Waals surface area (Å²) in [5.74, 6) is 0. The van der Waals surface area contributed by atoms with Gasteiger partial charge in [0.2, 0.25) is 5.08 Å². The Hall–Kier alpha value is 0.400. The Kier molecular flexibility index (Phi) is 4.02. The lowest BCUT2D eigenvalue weighted by atomic mass is 11.9. The van der Waals surface area contributed by atoms with Gasteiger partial charge in [-0.15, -0.1) is 0 Å². The first-order chi connectivity index (χ1) is 4.83. The summed E-state index contributed by atoms with van der Waals surface area (Å²) in [6, 6.07) is 0. The quantitative estimate of drug-likeness (QED) is 0.689. The molecule has 0 aliphatic carbocycles. The molecule has 0 N–H and O–H groups in total. The summed E-state index contributed by atoms with van der Waals surface area (Å²) in [4.78, 5) is 0. The summed E-state index contributed by atoms with van der Waals surface area (Å²) in [5, 5.41) is -1.42. The van der Waals surface area contributed by atoms with Gasteiger partial charge in [-0.05, 0) is 0 Å². The van der Waals surface area contributed by atoms with Gasteiger partial charge >= 0.3 is 0 Å². The zero-order valence-corrected chi connectivity index (χ0v) is 7.87. The van der Waals surface area contributed by atoms with Crippen LogP contribution in [0.1, 0.15) is 0 Å². The van der Waals surface area contributed by atoms with Gasteiger partial charge in [0.25, 0.3) is 20.2 Å². The molecule has 0 spiro atoms. The Morgan fingerprint density at radius 2 is 1.18 bits per heavy atom. The van der Waals surface area contributed by atoms with Crippen LogP contribution in [0, 0.1) is 0 Å². The molecule has 0 amide bonds. The Balaban J connectivity index is 4.54. The highest BCUT2D eigenvalue weighted by atomic mass is 35.5. The Labute approximate surface area is 73.6 Å². The van der Waals surface area contributed by atoms with Crippen LogP contribution in [0.3, 0.4) is 0 Å². The molecule has 68 valence electrons. The Morgan fingerprint density at radius 3 is 1.36 bits per heavy atom. The molecule has 0 heterocycles. The predicted octanol–water partition coefficient (Wildman–Crippen LogP) is -0.0557. The number of rotatable bonds is 4. The summed E-state index contributed by atoms with van der Waals surface area (Å²) < 4.78 is 47.8. The van der Waals surface area contributed by atoms with Crippen molar-refractivity contribution in [2.45, 2.75) is 0 Å². The molecule has 6 nitrogen and oxygen atoms in total. The fourth-order valence-corrected chi connectivity index (χ4v) is 2.57. The highest BCUT2D eigenvalue weighted by Crippen LogP contribution is 2.05. The van der Waals surface area contributed by atoms with E-state index in [2.05, 4.69) is 31.2 Å². The maximum Gasteiger partial charge on any atom is 0.300 e. The largest absolute Gasteiger partial charge is 0.300 e. The van der Waals surface area contributed by atoms with Crippen LogP contribution in [0.5, 0.6) is 0 Å². The molecule has 0 aliphatic rings. The molecule has 0 aliphatic heterocycles. The molecular weight excluding hydrogens is 243 g/mol. The zero-order valence-electron chi connectivity index (χ0n) is 4.73. The summed E-state index contributed by atoms with van der Waals surface area (Å²) >= 11 is 8.81. The molecule has 0 aromatic carbocycles. The van der Waals surface area contributed by atoms with E-state index in [1.54, 1.807) is 0 Å². The number of halogens is 2. The van der Waals surface area contributed by atoms with Crippen LogP contribution in [-0.2, 0) is 27.7 Å². The van der Waals surface area contributed by atoms with E-state index in [-0.39, 0.29) is 0 Å². The van der Waals surface area contributed by atoms with Crippen LogP contribution in [0.25, 0.3) is 0 Å². The Bertz CT molecular complexity index is 267. The second kappa shape index (κ2) is 3.87. The third-order valence-corrected chi connectivity index (χ3v) is 4.33. The maximum absolute atomic E-state index is 10.3. The van der Waals surface area contributed by atoms with E-state index >= 15 is 0 Å². The normalized spacial score (nSPS) is 13.3. The lowest BCUT2D eigenvalue weighted by Crippen LogP contribution is -2.15. The van der Waals surface area contributed by atoms with Gasteiger partial charge in [-0.3, -0.25) is 0 Å². The highest BCUT2D eigenvalue weighted by Gasteiger charge is 2.23. The van der Waals surface area contributed by atoms with E-state index in [4.69, 9.17) is 0 Å². The standard InChI is InChI=1S/CH2Cl2O6S2/c2-8-10(4,5)1-11(6,7)9-3/h1H2. The summed E-state index contributed by atoms with van der Waals surface area (Å²) in [5.41, 5.74) is 0. The van der Waals surface area contributed by atoms with Crippen molar-refractivity contribution in [1.82, 2.24) is 0 Å². The minimum absolute atomic E-state index is 1.42. The first kappa shape index (κ1) is 11.4. The van der Waals surface area contributed by atoms with Gasteiger partial charge in [0.15, 0.2) is 0 Å². The maximum atomic E-state index is 10.3. The predicted molar refractivity (Wildman–Crippen MR) is 36.6 cm³/mol. The van der Waals surface area contributed by atoms with Crippen molar-refractivity contribution < 1.29 is 24.3 Å². The summed E-state index contributed by atoms with van der Waals surface area (Å²) in [7, 11) is -8.64. The third kappa shape index (κ3) is 4.77. The molecule has 0 aromatic heterocycles. The van der Waals surface area contributed by atoms with Gasteiger partial charge in [0.05, 0.1) is 23.7 Å². The van der Waals surface area contributed by atoms with Crippen molar-refractivity contribution in [3.63, 3.8) is 0 Å². The molecule has 0 rings (SSSR count). The molecule has 0 unspecified atom stereocenters. The lowest BCUT2D eigenvalue weighted by molar-refractivity contribution is 0.497. The van der Waals surface area contributed by atoms with Crippen molar-refractivity contribution in [3.05, 3.63) is 0 Å². The van der Waals surface area contributed by atoms with Crippen molar-refractivity contribution in [2.24, 2.45) is 0 Å². The van der Waals surface area contributed by atoms with E-state index in [0.717, 1.165) is 0 Å². The molecule has 10 heteroatoms. The van der Waals surface area contributed by atoms with Crippen LogP contribution in [0.4, 0.5) is 0 Å². The van der Waals surface area contributed by atoms with Crippen molar-refractivity contribution >= 4 is 44.0 Å². The van der Waals surface area contributed by atoms with E-state index in [9.17, 15) is 16.8 Å². The van der Waals surface area contributed by atoms with Gasteiger partial charge in [-0.2, -0.15) is 24.3 Å². The van der Waals surface area contributed by atoms with Gasteiger partial charge in [-0.25, -0.2) is 0 Å². The van der Waals surface area contributed by atoms with Crippen molar-refractivity contribution in [3.8, 4) is 0 Å². The SMILES string of the molecule is O=S(=O)(CS(=O)(=O)OCl)OCl. The van der Waals surface area contributed by atoms with Crippen LogP contribution in [-0.4, -0.2) is 21.9 Å². The average Bonchev–Trinajstić information content (AvgIpc) is 1.86. The smallest absolute Gasteiger partial charge is 0.197 e. The molecule has 0 radical (unpaired) electrons. The highest BCUT2D eigenvalue weighted by molar-refractivity contribution is 8.04. The molecule has 0 saturated carbocycles. The first-order valence-corrected chi connectivity index (χ1v) is 5.66. The Morgan fingerprint density at radius 1 is 0.909 bits per heavy atom. The minimum atomic E-state index is -4.32. The van der Waals surface area contributed by atoms with E-state index in [1.807, 2.05) is 0 Å². The molecular formula is CH2Cl2O6S2. The molecule has 0 fully saturated rings. The minimum Gasteiger partial charge on any atom is -0.197 e. The average molecular weight is 245 g/mol. The van der Waals surface area contributed by atoms with Gasteiger partial charge in [-0.1, -0.05) is 0 Å².